The Kier molecular flexibility index (Phi) is 5.85. The van der Waals surface area contributed by atoms with Gasteiger partial charge in [-0.3, -0.25) is 0 Å². The molecular formula is C18H23NO4S. The van der Waals surface area contributed by atoms with E-state index in [9.17, 15) is 8.42 Å². The molecule has 24 heavy (non-hydrogen) atoms. The summed E-state index contributed by atoms with van der Waals surface area (Å²) in [5.41, 5.74) is 2.41. The Morgan fingerprint density at radius 2 is 1.38 bits per heavy atom. The van der Waals surface area contributed by atoms with Crippen molar-refractivity contribution in [3.63, 3.8) is 0 Å². The van der Waals surface area contributed by atoms with Crippen molar-refractivity contribution in [2.75, 3.05) is 27.3 Å². The van der Waals surface area contributed by atoms with E-state index in [0.29, 0.717) is 19.0 Å². The van der Waals surface area contributed by atoms with Crippen LogP contribution in [0.4, 0.5) is 0 Å². The van der Waals surface area contributed by atoms with Crippen LogP contribution in [0.25, 0.3) is 0 Å². The van der Waals surface area contributed by atoms with Gasteiger partial charge in [-0.1, -0.05) is 6.07 Å². The van der Waals surface area contributed by atoms with Gasteiger partial charge in [-0.2, -0.15) is 0 Å². The predicted octanol–water partition coefficient (Wildman–Crippen LogP) is 3.01. The average Bonchev–Trinajstić information content (AvgIpc) is 2.55. The van der Waals surface area contributed by atoms with E-state index < -0.39 is 10.0 Å². The van der Waals surface area contributed by atoms with Crippen LogP contribution >= 0.6 is 0 Å². The van der Waals surface area contributed by atoms with Crippen molar-refractivity contribution in [3.8, 4) is 11.5 Å². The first kappa shape index (κ1) is 18.3. The summed E-state index contributed by atoms with van der Waals surface area (Å²) in [7, 11) is -0.402. The predicted molar refractivity (Wildman–Crippen MR) is 94.2 cm³/mol. The summed E-state index contributed by atoms with van der Waals surface area (Å²) in [6.07, 6.45) is 0. The van der Waals surface area contributed by atoms with Crippen molar-refractivity contribution in [3.05, 3.63) is 53.6 Å². The third-order valence-corrected chi connectivity index (χ3v) is 5.53. The standard InChI is InChI=1S/C18H23NO4S/c1-14-5-6-17(13-15(14)2)23-12-11-22-16-7-9-18(10-8-16)24(20,21)19(3)4/h5-10,13H,11-12H2,1-4H3. The molecule has 0 saturated heterocycles. The van der Waals surface area contributed by atoms with Crippen molar-refractivity contribution >= 4 is 10.0 Å². The van der Waals surface area contributed by atoms with Crippen LogP contribution in [0.2, 0.25) is 0 Å². The molecule has 0 unspecified atom stereocenters. The Hall–Kier alpha value is -2.05. The summed E-state index contributed by atoms with van der Waals surface area (Å²) >= 11 is 0. The zero-order valence-electron chi connectivity index (χ0n) is 14.4. The molecule has 2 rings (SSSR count). The summed E-state index contributed by atoms with van der Waals surface area (Å²) in [5, 5.41) is 0. The Bertz CT molecular complexity index is 783. The number of ether oxygens (including phenoxy) is 2. The van der Waals surface area contributed by atoms with Gasteiger partial charge in [0.05, 0.1) is 4.90 Å². The van der Waals surface area contributed by atoms with Crippen molar-refractivity contribution < 1.29 is 17.9 Å². The van der Waals surface area contributed by atoms with Gasteiger partial charge in [0, 0.05) is 14.1 Å². The van der Waals surface area contributed by atoms with Gasteiger partial charge in [-0.15, -0.1) is 0 Å². The molecule has 0 aliphatic carbocycles. The molecule has 0 fully saturated rings. The van der Waals surface area contributed by atoms with Crippen molar-refractivity contribution in [2.24, 2.45) is 0 Å². The fourth-order valence-corrected chi connectivity index (χ4v) is 2.94. The second-order valence-electron chi connectivity index (χ2n) is 5.70. The average molecular weight is 349 g/mol. The lowest BCUT2D eigenvalue weighted by Crippen LogP contribution is -2.22. The highest BCUT2D eigenvalue weighted by atomic mass is 32.2. The number of rotatable bonds is 7. The maximum atomic E-state index is 12.0. The fourth-order valence-electron chi connectivity index (χ4n) is 2.04. The van der Waals surface area contributed by atoms with Crippen LogP contribution in [0.3, 0.4) is 0 Å². The van der Waals surface area contributed by atoms with E-state index in [1.54, 1.807) is 12.1 Å². The largest absolute Gasteiger partial charge is 0.490 e. The number of hydrogen-bond acceptors (Lipinski definition) is 4. The summed E-state index contributed by atoms with van der Waals surface area (Å²) in [6.45, 7) is 4.90. The maximum Gasteiger partial charge on any atom is 0.242 e. The SMILES string of the molecule is Cc1ccc(OCCOc2ccc(S(=O)(=O)N(C)C)cc2)cc1C. The maximum absolute atomic E-state index is 12.0. The van der Waals surface area contributed by atoms with Crippen LogP contribution < -0.4 is 9.47 Å². The second kappa shape index (κ2) is 7.68. The molecule has 0 saturated carbocycles. The molecule has 6 heteroatoms. The van der Waals surface area contributed by atoms with E-state index in [1.165, 1.54) is 41.7 Å². The number of nitrogens with zero attached hydrogens (tertiary/aromatic N) is 1. The Labute approximate surface area is 143 Å². The molecule has 130 valence electrons. The summed E-state index contributed by atoms with van der Waals surface area (Å²) in [6, 6.07) is 12.3. The Morgan fingerprint density at radius 3 is 1.92 bits per heavy atom. The van der Waals surface area contributed by atoms with Crippen LogP contribution in [-0.2, 0) is 10.0 Å². The van der Waals surface area contributed by atoms with Crippen LogP contribution in [0.5, 0.6) is 11.5 Å². The molecule has 5 nitrogen and oxygen atoms in total. The lowest BCUT2D eigenvalue weighted by atomic mass is 10.1. The van der Waals surface area contributed by atoms with Crippen molar-refractivity contribution in [2.45, 2.75) is 18.7 Å². The van der Waals surface area contributed by atoms with Gasteiger partial charge in [0.15, 0.2) is 0 Å². The third kappa shape index (κ3) is 4.49. The highest BCUT2D eigenvalue weighted by Gasteiger charge is 2.16. The Balaban J connectivity index is 1.85. The monoisotopic (exact) mass is 349 g/mol. The van der Waals surface area contributed by atoms with E-state index in [0.717, 1.165) is 5.75 Å². The van der Waals surface area contributed by atoms with Crippen LogP contribution in [-0.4, -0.2) is 40.0 Å². The van der Waals surface area contributed by atoms with E-state index in [-0.39, 0.29) is 4.90 Å². The summed E-state index contributed by atoms with van der Waals surface area (Å²) in [5.74, 6) is 1.42. The lowest BCUT2D eigenvalue weighted by Gasteiger charge is -2.12. The Morgan fingerprint density at radius 1 is 0.833 bits per heavy atom. The molecule has 2 aromatic carbocycles. The van der Waals surface area contributed by atoms with Gasteiger partial charge >= 0.3 is 0 Å². The smallest absolute Gasteiger partial charge is 0.242 e. The summed E-state index contributed by atoms with van der Waals surface area (Å²) < 4.78 is 36.4. The molecular weight excluding hydrogens is 326 g/mol. The van der Waals surface area contributed by atoms with E-state index >= 15 is 0 Å². The molecule has 0 amide bonds. The van der Waals surface area contributed by atoms with Gasteiger partial charge in [-0.05, 0) is 61.4 Å². The van der Waals surface area contributed by atoms with Gasteiger partial charge in [0.2, 0.25) is 10.0 Å². The highest BCUT2D eigenvalue weighted by Crippen LogP contribution is 2.19. The number of hydrogen-bond donors (Lipinski definition) is 0. The van der Waals surface area contributed by atoms with E-state index in [2.05, 4.69) is 6.92 Å². The molecule has 0 radical (unpaired) electrons. The first-order valence-electron chi connectivity index (χ1n) is 7.66. The number of benzene rings is 2. The first-order valence-corrected chi connectivity index (χ1v) is 9.10. The van der Waals surface area contributed by atoms with Gasteiger partial charge in [0.25, 0.3) is 0 Å². The molecule has 2 aromatic rings. The minimum Gasteiger partial charge on any atom is -0.490 e. The zero-order chi connectivity index (χ0) is 17.7. The van der Waals surface area contributed by atoms with Crippen LogP contribution in [0.1, 0.15) is 11.1 Å². The molecule has 0 aliphatic heterocycles. The molecule has 0 spiro atoms. The second-order valence-corrected chi connectivity index (χ2v) is 7.85. The van der Waals surface area contributed by atoms with Crippen molar-refractivity contribution in [1.29, 1.82) is 0 Å². The molecule has 0 aliphatic rings. The fraction of sp³-hybridized carbons (Fsp3) is 0.333. The molecule has 0 heterocycles. The van der Waals surface area contributed by atoms with E-state index in [4.69, 9.17) is 9.47 Å². The quantitative estimate of drug-likeness (QED) is 0.721. The molecule has 0 aromatic heterocycles. The van der Waals surface area contributed by atoms with Crippen LogP contribution in [0.15, 0.2) is 47.4 Å². The normalized spacial score (nSPS) is 11.5. The first-order chi connectivity index (χ1) is 11.3. The van der Waals surface area contributed by atoms with E-state index in [1.807, 2.05) is 25.1 Å². The molecule has 0 bridgehead atoms. The van der Waals surface area contributed by atoms with Gasteiger partial charge in [-0.25, -0.2) is 12.7 Å². The molecule has 0 N–H and O–H groups in total. The number of sulfonamides is 1. The minimum absolute atomic E-state index is 0.242. The van der Waals surface area contributed by atoms with Gasteiger partial charge in [0.1, 0.15) is 24.7 Å². The van der Waals surface area contributed by atoms with Gasteiger partial charge < -0.3 is 9.47 Å². The minimum atomic E-state index is -3.41. The van der Waals surface area contributed by atoms with Crippen molar-refractivity contribution in [1.82, 2.24) is 4.31 Å². The number of aryl methyl sites for hydroxylation is 2. The highest BCUT2D eigenvalue weighted by molar-refractivity contribution is 7.89. The molecule has 0 atom stereocenters. The lowest BCUT2D eigenvalue weighted by molar-refractivity contribution is 0.217. The summed E-state index contributed by atoms with van der Waals surface area (Å²) in [4.78, 5) is 0.242. The zero-order valence-corrected chi connectivity index (χ0v) is 15.3. The third-order valence-electron chi connectivity index (χ3n) is 3.70. The van der Waals surface area contributed by atoms with Crippen LogP contribution in [0, 0.1) is 13.8 Å². The topological polar surface area (TPSA) is 55.8 Å².